The zero-order valence-electron chi connectivity index (χ0n) is 13.3. The first-order valence-electron chi connectivity index (χ1n) is 7.81. The molecule has 6 heteroatoms. The van der Waals surface area contributed by atoms with Gasteiger partial charge in [0.1, 0.15) is 0 Å². The highest BCUT2D eigenvalue weighted by atomic mass is 16.4. The number of carbonyl (C=O) groups is 2. The molecule has 2 fully saturated rings. The number of aliphatic carboxylic acids is 1. The van der Waals surface area contributed by atoms with Crippen molar-refractivity contribution in [2.75, 3.05) is 40.3 Å². The molecule has 0 radical (unpaired) electrons. The Morgan fingerprint density at radius 1 is 1.29 bits per heavy atom. The van der Waals surface area contributed by atoms with Crippen LogP contribution in [-0.4, -0.2) is 78.1 Å². The zero-order chi connectivity index (χ0) is 15.6. The Morgan fingerprint density at radius 3 is 2.52 bits per heavy atom. The topological polar surface area (TPSA) is 64.1 Å². The third-order valence-corrected chi connectivity index (χ3v) is 4.82. The quantitative estimate of drug-likeness (QED) is 0.849. The minimum atomic E-state index is -0.740. The maximum atomic E-state index is 12.5. The summed E-state index contributed by atoms with van der Waals surface area (Å²) in [7, 11) is 3.97. The monoisotopic (exact) mass is 297 g/mol. The van der Waals surface area contributed by atoms with Crippen LogP contribution in [0.1, 0.15) is 26.2 Å². The molecule has 0 spiro atoms. The average Bonchev–Trinajstić information content (AvgIpc) is 2.83. The van der Waals surface area contributed by atoms with Gasteiger partial charge in [0.05, 0.1) is 5.92 Å². The number of rotatable bonds is 3. The van der Waals surface area contributed by atoms with Crippen molar-refractivity contribution in [3.8, 4) is 0 Å². The van der Waals surface area contributed by atoms with Crippen molar-refractivity contribution in [2.45, 2.75) is 32.2 Å². The predicted molar refractivity (Wildman–Crippen MR) is 80.2 cm³/mol. The third kappa shape index (κ3) is 3.87. The second-order valence-corrected chi connectivity index (χ2v) is 6.68. The molecule has 2 saturated heterocycles. The van der Waals surface area contributed by atoms with Crippen LogP contribution in [0.4, 0.5) is 4.79 Å². The fourth-order valence-corrected chi connectivity index (χ4v) is 3.54. The molecule has 2 rings (SSSR count). The summed E-state index contributed by atoms with van der Waals surface area (Å²) < 4.78 is 0. The van der Waals surface area contributed by atoms with E-state index in [1.807, 2.05) is 18.9 Å². The third-order valence-electron chi connectivity index (χ3n) is 4.82. The van der Waals surface area contributed by atoms with Crippen molar-refractivity contribution in [1.29, 1.82) is 0 Å². The van der Waals surface area contributed by atoms with E-state index in [0.717, 1.165) is 26.1 Å². The van der Waals surface area contributed by atoms with Gasteiger partial charge < -0.3 is 19.8 Å². The lowest BCUT2D eigenvalue weighted by Gasteiger charge is -2.38. The summed E-state index contributed by atoms with van der Waals surface area (Å²) in [6.07, 6.45) is 2.26. The van der Waals surface area contributed by atoms with Gasteiger partial charge >= 0.3 is 12.0 Å². The van der Waals surface area contributed by atoms with Crippen LogP contribution < -0.4 is 0 Å². The molecule has 2 aliphatic rings. The maximum Gasteiger partial charge on any atom is 0.319 e. The van der Waals surface area contributed by atoms with Crippen LogP contribution in [0.15, 0.2) is 0 Å². The van der Waals surface area contributed by atoms with Crippen molar-refractivity contribution < 1.29 is 14.7 Å². The van der Waals surface area contributed by atoms with Crippen molar-refractivity contribution in [1.82, 2.24) is 14.7 Å². The van der Waals surface area contributed by atoms with Gasteiger partial charge in [-0.1, -0.05) is 0 Å². The summed E-state index contributed by atoms with van der Waals surface area (Å²) in [6, 6.07) is 0.0435. The van der Waals surface area contributed by atoms with Gasteiger partial charge in [-0.25, -0.2) is 4.79 Å². The van der Waals surface area contributed by atoms with E-state index in [1.54, 1.807) is 4.90 Å². The molecule has 6 nitrogen and oxygen atoms in total. The van der Waals surface area contributed by atoms with Crippen LogP contribution in [0.25, 0.3) is 0 Å². The fourth-order valence-electron chi connectivity index (χ4n) is 3.54. The van der Waals surface area contributed by atoms with Crippen molar-refractivity contribution in [3.05, 3.63) is 0 Å². The number of hydrogen-bond acceptors (Lipinski definition) is 3. The van der Waals surface area contributed by atoms with Gasteiger partial charge in [0, 0.05) is 32.7 Å². The molecule has 0 saturated carbocycles. The smallest absolute Gasteiger partial charge is 0.319 e. The summed E-state index contributed by atoms with van der Waals surface area (Å²) in [4.78, 5) is 29.5. The summed E-state index contributed by atoms with van der Waals surface area (Å²) in [5, 5.41) is 9.09. The van der Waals surface area contributed by atoms with Crippen LogP contribution in [0, 0.1) is 11.8 Å². The lowest BCUT2D eigenvalue weighted by molar-refractivity contribution is -0.143. The minimum Gasteiger partial charge on any atom is -0.481 e. The molecule has 21 heavy (non-hydrogen) atoms. The van der Waals surface area contributed by atoms with Crippen LogP contribution in [0.5, 0.6) is 0 Å². The molecule has 0 aromatic rings. The molecule has 2 heterocycles. The van der Waals surface area contributed by atoms with E-state index in [9.17, 15) is 9.59 Å². The summed E-state index contributed by atoms with van der Waals surface area (Å²) in [5.41, 5.74) is 0. The Balaban J connectivity index is 1.86. The first kappa shape index (κ1) is 16.1. The minimum absolute atomic E-state index is 0.000974. The molecule has 0 bridgehead atoms. The van der Waals surface area contributed by atoms with Gasteiger partial charge in [0.15, 0.2) is 0 Å². The molecular weight excluding hydrogens is 270 g/mol. The van der Waals surface area contributed by atoms with Crippen LogP contribution in [0.2, 0.25) is 0 Å². The summed E-state index contributed by atoms with van der Waals surface area (Å²) in [5.74, 6) is -0.495. The van der Waals surface area contributed by atoms with E-state index in [0.29, 0.717) is 25.3 Å². The predicted octanol–water partition coefficient (Wildman–Crippen LogP) is 1.18. The Hall–Kier alpha value is -1.30. The van der Waals surface area contributed by atoms with Gasteiger partial charge in [-0.05, 0) is 45.7 Å². The molecule has 0 aromatic carbocycles. The van der Waals surface area contributed by atoms with Crippen molar-refractivity contribution >= 4 is 12.0 Å². The second kappa shape index (κ2) is 6.64. The maximum absolute atomic E-state index is 12.5. The molecule has 0 aromatic heterocycles. The fraction of sp³-hybridized carbons (Fsp3) is 0.867. The Labute approximate surface area is 126 Å². The lowest BCUT2D eigenvalue weighted by Crippen LogP contribution is -2.51. The largest absolute Gasteiger partial charge is 0.481 e. The van der Waals surface area contributed by atoms with Crippen LogP contribution >= 0.6 is 0 Å². The Kier molecular flexibility index (Phi) is 5.08. The van der Waals surface area contributed by atoms with Gasteiger partial charge in [-0.2, -0.15) is 0 Å². The number of carboxylic acids is 1. The number of likely N-dealkylation sites (tertiary alicyclic amines) is 2. The van der Waals surface area contributed by atoms with Gasteiger partial charge in [0.2, 0.25) is 0 Å². The number of urea groups is 1. The van der Waals surface area contributed by atoms with Gasteiger partial charge in [-0.3, -0.25) is 4.79 Å². The summed E-state index contributed by atoms with van der Waals surface area (Å²) in [6.45, 7) is 5.44. The van der Waals surface area contributed by atoms with Gasteiger partial charge in [0.25, 0.3) is 0 Å². The molecule has 3 atom stereocenters. The van der Waals surface area contributed by atoms with Gasteiger partial charge in [-0.15, -0.1) is 0 Å². The Bertz CT molecular complexity index is 402. The van der Waals surface area contributed by atoms with E-state index in [1.165, 1.54) is 0 Å². The first-order valence-corrected chi connectivity index (χ1v) is 7.81. The zero-order valence-corrected chi connectivity index (χ0v) is 13.3. The van der Waals surface area contributed by atoms with Crippen molar-refractivity contribution in [3.63, 3.8) is 0 Å². The molecule has 2 amide bonds. The van der Waals surface area contributed by atoms with Crippen molar-refractivity contribution in [2.24, 2.45) is 11.8 Å². The average molecular weight is 297 g/mol. The second-order valence-electron chi connectivity index (χ2n) is 6.68. The number of nitrogens with zero attached hydrogens (tertiary/aromatic N) is 3. The number of piperidine rings is 1. The molecule has 0 aliphatic carbocycles. The van der Waals surface area contributed by atoms with Crippen LogP contribution in [0.3, 0.4) is 0 Å². The SMILES string of the molecule is CC1CC(C(=O)O)CCN1C(=O)N(C)CC1CCN(C)C1. The number of amides is 2. The van der Waals surface area contributed by atoms with E-state index < -0.39 is 5.97 Å². The molecule has 1 N–H and O–H groups in total. The van der Waals surface area contributed by atoms with Crippen LogP contribution in [-0.2, 0) is 4.79 Å². The highest BCUT2D eigenvalue weighted by Crippen LogP contribution is 2.24. The lowest BCUT2D eigenvalue weighted by atomic mass is 9.92. The standard InChI is InChI=1S/C15H27N3O3/c1-11-8-13(14(19)20)5-7-18(11)15(21)17(3)10-12-4-6-16(2)9-12/h11-13H,4-10H2,1-3H3,(H,19,20). The molecular formula is C15H27N3O3. The molecule has 3 unspecified atom stereocenters. The molecule has 2 aliphatic heterocycles. The summed E-state index contributed by atoms with van der Waals surface area (Å²) >= 11 is 0. The van der Waals surface area contributed by atoms with E-state index in [-0.39, 0.29) is 18.0 Å². The number of carbonyl (C=O) groups excluding carboxylic acids is 1. The molecule has 120 valence electrons. The van der Waals surface area contributed by atoms with E-state index in [4.69, 9.17) is 5.11 Å². The van der Waals surface area contributed by atoms with E-state index >= 15 is 0 Å². The number of carboxylic acid groups (broad SMARTS) is 1. The van der Waals surface area contributed by atoms with E-state index in [2.05, 4.69) is 11.9 Å². The highest BCUT2D eigenvalue weighted by Gasteiger charge is 2.34. The Morgan fingerprint density at radius 2 is 2.00 bits per heavy atom. The highest BCUT2D eigenvalue weighted by molar-refractivity contribution is 5.75. The normalized spacial score (nSPS) is 30.4. The number of hydrogen-bond donors (Lipinski definition) is 1. The first-order chi connectivity index (χ1) is 9.88.